The molecule has 0 unspecified atom stereocenters. The van der Waals surface area contributed by atoms with Gasteiger partial charge in [0.25, 0.3) is 0 Å². The third-order valence-electron chi connectivity index (χ3n) is 5.01. The van der Waals surface area contributed by atoms with Crippen molar-refractivity contribution in [2.24, 2.45) is 0 Å². The standard InChI is InChI=1S/C23H27ClN2O2/c1-23(2,19-4-3-5-20(24)16-19)17-25-22(27)11-8-18-6-9-21(10-7-18)26-12-14-28-15-13-26/h3-11,16H,12-15,17H2,1-2H3,(H,25,27)/b11-8+. The molecule has 28 heavy (non-hydrogen) atoms. The summed E-state index contributed by atoms with van der Waals surface area (Å²) in [6.45, 7) is 8.09. The van der Waals surface area contributed by atoms with Gasteiger partial charge in [-0.1, -0.05) is 49.7 Å². The van der Waals surface area contributed by atoms with E-state index in [2.05, 4.69) is 36.2 Å². The Labute approximate surface area is 172 Å². The number of nitrogens with zero attached hydrogens (tertiary/aromatic N) is 1. The van der Waals surface area contributed by atoms with E-state index in [-0.39, 0.29) is 11.3 Å². The molecular formula is C23H27ClN2O2. The lowest BCUT2D eigenvalue weighted by atomic mass is 9.84. The van der Waals surface area contributed by atoms with Crippen molar-refractivity contribution in [1.29, 1.82) is 0 Å². The molecule has 1 N–H and O–H groups in total. The molecule has 1 saturated heterocycles. The minimum Gasteiger partial charge on any atom is -0.378 e. The lowest BCUT2D eigenvalue weighted by Gasteiger charge is -2.28. The van der Waals surface area contributed by atoms with Gasteiger partial charge >= 0.3 is 0 Å². The van der Waals surface area contributed by atoms with Crippen molar-refractivity contribution in [3.8, 4) is 0 Å². The highest BCUT2D eigenvalue weighted by atomic mass is 35.5. The van der Waals surface area contributed by atoms with E-state index in [1.807, 2.05) is 42.5 Å². The third-order valence-corrected chi connectivity index (χ3v) is 5.24. The molecule has 0 aliphatic carbocycles. The Bertz CT molecular complexity index is 825. The normalized spacial score (nSPS) is 15.0. The number of ether oxygens (including phenoxy) is 1. The van der Waals surface area contributed by atoms with Crippen molar-refractivity contribution in [2.45, 2.75) is 19.3 Å². The molecule has 1 aliphatic rings. The van der Waals surface area contributed by atoms with Gasteiger partial charge in [0.15, 0.2) is 0 Å². The molecule has 0 radical (unpaired) electrons. The van der Waals surface area contributed by atoms with E-state index < -0.39 is 0 Å². The average molecular weight is 399 g/mol. The van der Waals surface area contributed by atoms with E-state index in [4.69, 9.17) is 16.3 Å². The Balaban J connectivity index is 1.53. The second-order valence-electron chi connectivity index (χ2n) is 7.64. The molecule has 0 saturated carbocycles. The molecule has 148 valence electrons. The predicted octanol–water partition coefficient (Wildman–Crippen LogP) is 4.28. The third kappa shape index (κ3) is 5.60. The van der Waals surface area contributed by atoms with Crippen LogP contribution >= 0.6 is 11.6 Å². The molecule has 1 heterocycles. The second kappa shape index (κ2) is 9.26. The van der Waals surface area contributed by atoms with Crippen molar-refractivity contribution in [2.75, 3.05) is 37.7 Å². The number of carbonyl (C=O) groups excluding carboxylic acids is 1. The molecule has 0 bridgehead atoms. The van der Waals surface area contributed by atoms with E-state index in [0.29, 0.717) is 11.6 Å². The van der Waals surface area contributed by atoms with E-state index in [1.54, 1.807) is 6.08 Å². The van der Waals surface area contributed by atoms with Crippen LogP contribution in [0.25, 0.3) is 6.08 Å². The maximum atomic E-state index is 12.2. The topological polar surface area (TPSA) is 41.6 Å². The van der Waals surface area contributed by atoms with E-state index in [0.717, 1.165) is 37.4 Å². The molecular weight excluding hydrogens is 372 g/mol. The van der Waals surface area contributed by atoms with Gasteiger partial charge < -0.3 is 15.0 Å². The van der Waals surface area contributed by atoms with Crippen molar-refractivity contribution >= 4 is 29.3 Å². The minimum absolute atomic E-state index is 0.104. The number of anilines is 1. The molecule has 1 fully saturated rings. The van der Waals surface area contributed by atoms with Gasteiger partial charge in [0.2, 0.25) is 5.91 Å². The van der Waals surface area contributed by atoms with E-state index >= 15 is 0 Å². The van der Waals surface area contributed by atoms with Gasteiger partial charge in [-0.3, -0.25) is 4.79 Å². The molecule has 2 aromatic carbocycles. The van der Waals surface area contributed by atoms with Crippen LogP contribution in [0.2, 0.25) is 5.02 Å². The number of halogens is 1. The first kappa shape index (κ1) is 20.4. The molecule has 0 spiro atoms. The summed E-state index contributed by atoms with van der Waals surface area (Å²) in [5.41, 5.74) is 3.09. The van der Waals surface area contributed by atoms with Crippen LogP contribution in [0.3, 0.4) is 0 Å². The fourth-order valence-corrected chi connectivity index (χ4v) is 3.36. The van der Waals surface area contributed by atoms with Gasteiger partial charge in [-0.05, 0) is 41.5 Å². The lowest BCUT2D eigenvalue weighted by molar-refractivity contribution is -0.116. The number of benzene rings is 2. The number of hydrogen-bond donors (Lipinski definition) is 1. The van der Waals surface area contributed by atoms with Crippen molar-refractivity contribution < 1.29 is 9.53 Å². The highest BCUT2D eigenvalue weighted by molar-refractivity contribution is 6.30. The summed E-state index contributed by atoms with van der Waals surface area (Å²) in [5.74, 6) is -0.104. The molecule has 4 nitrogen and oxygen atoms in total. The van der Waals surface area contributed by atoms with Crippen LogP contribution in [0, 0.1) is 0 Å². The van der Waals surface area contributed by atoms with Gasteiger partial charge in [0.05, 0.1) is 13.2 Å². The van der Waals surface area contributed by atoms with Crippen LogP contribution in [-0.2, 0) is 14.9 Å². The van der Waals surface area contributed by atoms with Crippen molar-refractivity contribution in [3.63, 3.8) is 0 Å². The van der Waals surface area contributed by atoms with Crippen LogP contribution in [0.4, 0.5) is 5.69 Å². The van der Waals surface area contributed by atoms with Gasteiger partial charge in [0.1, 0.15) is 0 Å². The SMILES string of the molecule is CC(C)(CNC(=O)/C=C/c1ccc(N2CCOCC2)cc1)c1cccc(Cl)c1. The highest BCUT2D eigenvalue weighted by Crippen LogP contribution is 2.25. The van der Waals surface area contributed by atoms with Gasteiger partial charge in [-0.25, -0.2) is 0 Å². The Kier molecular flexibility index (Phi) is 6.76. The van der Waals surface area contributed by atoms with Gasteiger partial charge in [0, 0.05) is 41.8 Å². The van der Waals surface area contributed by atoms with Crippen LogP contribution < -0.4 is 10.2 Å². The number of hydrogen-bond acceptors (Lipinski definition) is 3. The van der Waals surface area contributed by atoms with Crippen molar-refractivity contribution in [1.82, 2.24) is 5.32 Å². The maximum absolute atomic E-state index is 12.2. The number of amides is 1. The molecule has 2 aromatic rings. The van der Waals surface area contributed by atoms with E-state index in [9.17, 15) is 4.79 Å². The largest absolute Gasteiger partial charge is 0.378 e. The zero-order valence-corrected chi connectivity index (χ0v) is 17.2. The molecule has 3 rings (SSSR count). The number of morpholine rings is 1. The maximum Gasteiger partial charge on any atom is 0.244 e. The number of rotatable bonds is 6. The fourth-order valence-electron chi connectivity index (χ4n) is 3.17. The first-order chi connectivity index (χ1) is 13.4. The zero-order chi connectivity index (χ0) is 20.0. The summed E-state index contributed by atoms with van der Waals surface area (Å²) in [7, 11) is 0. The monoisotopic (exact) mass is 398 g/mol. The molecule has 5 heteroatoms. The summed E-state index contributed by atoms with van der Waals surface area (Å²) in [5, 5.41) is 3.69. The van der Waals surface area contributed by atoms with Crippen LogP contribution in [0.1, 0.15) is 25.0 Å². The van der Waals surface area contributed by atoms with Crippen molar-refractivity contribution in [3.05, 3.63) is 70.8 Å². The Morgan fingerprint density at radius 1 is 1.18 bits per heavy atom. The minimum atomic E-state index is -0.200. The number of carbonyl (C=O) groups is 1. The summed E-state index contributed by atoms with van der Waals surface area (Å²) in [4.78, 5) is 14.5. The molecule has 0 aromatic heterocycles. The molecule has 1 aliphatic heterocycles. The quantitative estimate of drug-likeness (QED) is 0.738. The lowest BCUT2D eigenvalue weighted by Crippen LogP contribution is -2.36. The molecule has 0 atom stereocenters. The van der Waals surface area contributed by atoms with Gasteiger partial charge in [-0.15, -0.1) is 0 Å². The second-order valence-corrected chi connectivity index (χ2v) is 8.07. The highest BCUT2D eigenvalue weighted by Gasteiger charge is 2.21. The molecule has 1 amide bonds. The predicted molar refractivity (Wildman–Crippen MR) is 116 cm³/mol. The first-order valence-electron chi connectivity index (χ1n) is 9.59. The van der Waals surface area contributed by atoms with Crippen LogP contribution in [0.15, 0.2) is 54.6 Å². The Morgan fingerprint density at radius 2 is 1.89 bits per heavy atom. The summed E-state index contributed by atoms with van der Waals surface area (Å²) >= 11 is 6.08. The summed E-state index contributed by atoms with van der Waals surface area (Å²) in [6.07, 6.45) is 3.42. The summed E-state index contributed by atoms with van der Waals surface area (Å²) < 4.78 is 5.39. The average Bonchev–Trinajstić information content (AvgIpc) is 2.72. The van der Waals surface area contributed by atoms with E-state index in [1.165, 1.54) is 5.69 Å². The fraction of sp³-hybridized carbons (Fsp3) is 0.348. The Hall–Kier alpha value is -2.30. The smallest absolute Gasteiger partial charge is 0.244 e. The first-order valence-corrected chi connectivity index (χ1v) is 9.97. The zero-order valence-electron chi connectivity index (χ0n) is 16.5. The van der Waals surface area contributed by atoms with Crippen LogP contribution in [0.5, 0.6) is 0 Å². The van der Waals surface area contributed by atoms with Crippen LogP contribution in [-0.4, -0.2) is 38.8 Å². The van der Waals surface area contributed by atoms with Gasteiger partial charge in [-0.2, -0.15) is 0 Å². The Morgan fingerprint density at radius 3 is 2.57 bits per heavy atom. The summed E-state index contributed by atoms with van der Waals surface area (Å²) in [6, 6.07) is 16.0. The number of nitrogens with one attached hydrogen (secondary N) is 1.